The molecule has 0 aliphatic heterocycles. The van der Waals surface area contributed by atoms with Gasteiger partial charge in [0.1, 0.15) is 17.3 Å². The van der Waals surface area contributed by atoms with Crippen molar-refractivity contribution in [1.29, 1.82) is 5.41 Å². The number of hydrogen-bond acceptors (Lipinski definition) is 3. The van der Waals surface area contributed by atoms with Crippen LogP contribution < -0.4 is 15.8 Å². The zero-order chi connectivity index (χ0) is 14.4. The molecule has 0 heterocycles. The van der Waals surface area contributed by atoms with Gasteiger partial charge in [-0.15, -0.1) is 0 Å². The Hall–Kier alpha value is -2.46. The molecule has 0 atom stereocenters. The van der Waals surface area contributed by atoms with Crippen LogP contribution in [-0.4, -0.2) is 5.84 Å². The van der Waals surface area contributed by atoms with Crippen LogP contribution in [0, 0.1) is 5.41 Å². The lowest BCUT2D eigenvalue weighted by atomic mass is 10.3. The molecule has 0 fully saturated rings. The first-order valence-corrected chi connectivity index (χ1v) is 6.32. The van der Waals surface area contributed by atoms with Gasteiger partial charge in [-0.2, -0.15) is 0 Å². The highest BCUT2D eigenvalue weighted by atomic mass is 35.5. The van der Waals surface area contributed by atoms with Gasteiger partial charge in [-0.05, 0) is 42.5 Å². The average molecular weight is 288 g/mol. The van der Waals surface area contributed by atoms with Gasteiger partial charge in [0.25, 0.3) is 0 Å². The molecule has 0 aliphatic carbocycles. The van der Waals surface area contributed by atoms with Crippen LogP contribution in [0.2, 0.25) is 5.02 Å². The lowest BCUT2D eigenvalue weighted by Gasteiger charge is -2.07. The molecule has 0 saturated carbocycles. The first kappa shape index (κ1) is 14.0. The van der Waals surface area contributed by atoms with Gasteiger partial charge < -0.3 is 15.8 Å². The summed E-state index contributed by atoms with van der Waals surface area (Å²) in [4.78, 5) is 0. The minimum Gasteiger partial charge on any atom is -0.457 e. The summed E-state index contributed by atoms with van der Waals surface area (Å²) < 4.78 is 5.71. The molecule has 102 valence electrons. The highest BCUT2D eigenvalue weighted by Gasteiger charge is 1.98. The van der Waals surface area contributed by atoms with Gasteiger partial charge in [0.2, 0.25) is 0 Å². The van der Waals surface area contributed by atoms with Gasteiger partial charge in [-0.3, -0.25) is 5.41 Å². The molecule has 4 N–H and O–H groups in total. The van der Waals surface area contributed by atoms with E-state index in [1.165, 1.54) is 6.08 Å². The molecule has 2 aromatic rings. The van der Waals surface area contributed by atoms with E-state index >= 15 is 0 Å². The normalized spacial score (nSPS) is 10.4. The van der Waals surface area contributed by atoms with Crippen molar-refractivity contribution in [3.8, 4) is 11.5 Å². The fourth-order valence-electron chi connectivity index (χ4n) is 1.52. The van der Waals surface area contributed by atoms with Gasteiger partial charge in [-0.1, -0.05) is 17.7 Å². The molecule has 0 aromatic heterocycles. The minimum absolute atomic E-state index is 0.00827. The lowest BCUT2D eigenvalue weighted by Crippen LogP contribution is -2.05. The van der Waals surface area contributed by atoms with Crippen LogP contribution in [-0.2, 0) is 0 Å². The van der Waals surface area contributed by atoms with Crippen molar-refractivity contribution >= 4 is 23.1 Å². The zero-order valence-corrected chi connectivity index (χ0v) is 11.4. The average Bonchev–Trinajstić information content (AvgIpc) is 2.41. The summed E-state index contributed by atoms with van der Waals surface area (Å²) in [5, 5.41) is 10.8. The van der Waals surface area contributed by atoms with Gasteiger partial charge in [0.05, 0.1) is 0 Å². The molecule has 2 aromatic carbocycles. The number of amidine groups is 1. The van der Waals surface area contributed by atoms with E-state index in [9.17, 15) is 0 Å². The summed E-state index contributed by atoms with van der Waals surface area (Å²) >= 11 is 5.82. The lowest BCUT2D eigenvalue weighted by molar-refractivity contribution is 0.483. The number of nitrogens with one attached hydrogen (secondary N) is 2. The fraction of sp³-hybridized carbons (Fsp3) is 0. The first-order chi connectivity index (χ1) is 9.63. The van der Waals surface area contributed by atoms with Crippen molar-refractivity contribution in [3.63, 3.8) is 0 Å². The first-order valence-electron chi connectivity index (χ1n) is 5.94. The summed E-state index contributed by atoms with van der Waals surface area (Å²) in [6, 6.07) is 14.6. The number of hydrogen-bond donors (Lipinski definition) is 3. The number of anilines is 1. The molecule has 0 aliphatic rings. The highest BCUT2D eigenvalue weighted by Crippen LogP contribution is 2.25. The second-order valence-electron chi connectivity index (χ2n) is 4.02. The van der Waals surface area contributed by atoms with Crippen LogP contribution in [0.3, 0.4) is 0 Å². The molecule has 5 heteroatoms. The summed E-state index contributed by atoms with van der Waals surface area (Å²) in [7, 11) is 0. The van der Waals surface area contributed by atoms with Crippen LogP contribution in [0.4, 0.5) is 5.69 Å². The molecule has 0 radical (unpaired) electrons. The number of nitrogens with two attached hydrogens (primary N) is 1. The number of ether oxygens (including phenoxy) is 1. The van der Waals surface area contributed by atoms with Crippen molar-refractivity contribution < 1.29 is 4.74 Å². The van der Waals surface area contributed by atoms with Gasteiger partial charge in [-0.25, -0.2) is 0 Å². The predicted molar refractivity (Wildman–Crippen MR) is 82.6 cm³/mol. The van der Waals surface area contributed by atoms with E-state index in [4.69, 9.17) is 27.5 Å². The Kier molecular flexibility index (Phi) is 4.63. The number of benzene rings is 2. The molecule has 0 saturated heterocycles. The molecule has 0 bridgehead atoms. The molecular weight excluding hydrogens is 274 g/mol. The second kappa shape index (κ2) is 6.63. The standard InChI is InChI=1S/C15H14ClN3O/c16-11-4-6-13(7-5-11)20-14-3-1-2-12(10-14)19-9-8-15(17)18/h1-10,19H,(H3,17,18)/b9-8-. The topological polar surface area (TPSA) is 71.1 Å². The third-order valence-electron chi connectivity index (χ3n) is 2.40. The molecule has 20 heavy (non-hydrogen) atoms. The predicted octanol–water partition coefficient (Wildman–Crippen LogP) is 3.99. The summed E-state index contributed by atoms with van der Waals surface area (Å²) in [6.45, 7) is 0. The van der Waals surface area contributed by atoms with Gasteiger partial charge in [0.15, 0.2) is 0 Å². The Morgan fingerprint density at radius 2 is 1.90 bits per heavy atom. The Morgan fingerprint density at radius 3 is 2.60 bits per heavy atom. The number of halogens is 1. The van der Waals surface area contributed by atoms with Crippen molar-refractivity contribution in [2.45, 2.75) is 0 Å². The SMILES string of the molecule is N=C(N)/C=C\Nc1cccc(Oc2ccc(Cl)cc2)c1. The second-order valence-corrected chi connectivity index (χ2v) is 4.45. The van der Waals surface area contributed by atoms with Gasteiger partial charge in [0, 0.05) is 23.0 Å². The summed E-state index contributed by atoms with van der Waals surface area (Å²) in [6.07, 6.45) is 3.07. The van der Waals surface area contributed by atoms with Crippen molar-refractivity contribution in [2.24, 2.45) is 5.73 Å². The van der Waals surface area contributed by atoms with E-state index in [1.54, 1.807) is 30.5 Å². The van der Waals surface area contributed by atoms with Gasteiger partial charge >= 0.3 is 0 Å². The van der Waals surface area contributed by atoms with E-state index in [0.717, 1.165) is 5.69 Å². The van der Waals surface area contributed by atoms with Crippen molar-refractivity contribution in [1.82, 2.24) is 0 Å². The van der Waals surface area contributed by atoms with Crippen LogP contribution in [0.1, 0.15) is 0 Å². The van der Waals surface area contributed by atoms with Crippen LogP contribution >= 0.6 is 11.6 Å². The smallest absolute Gasteiger partial charge is 0.129 e. The quantitative estimate of drug-likeness (QED) is 0.575. The Balaban J connectivity index is 2.05. The molecule has 0 amide bonds. The van der Waals surface area contributed by atoms with Crippen LogP contribution in [0.5, 0.6) is 11.5 Å². The molecule has 2 rings (SSSR count). The molecule has 4 nitrogen and oxygen atoms in total. The minimum atomic E-state index is -0.00827. The summed E-state index contributed by atoms with van der Waals surface area (Å²) in [5.74, 6) is 1.41. The van der Waals surface area contributed by atoms with Crippen LogP contribution in [0.15, 0.2) is 60.8 Å². The highest BCUT2D eigenvalue weighted by molar-refractivity contribution is 6.30. The third-order valence-corrected chi connectivity index (χ3v) is 2.65. The maximum Gasteiger partial charge on any atom is 0.129 e. The van der Waals surface area contributed by atoms with Crippen molar-refractivity contribution in [3.05, 3.63) is 65.8 Å². The maximum atomic E-state index is 7.08. The number of rotatable bonds is 5. The van der Waals surface area contributed by atoms with E-state index < -0.39 is 0 Å². The van der Waals surface area contributed by atoms with E-state index in [-0.39, 0.29) is 5.84 Å². The molecule has 0 unspecified atom stereocenters. The Labute approximate surface area is 122 Å². The van der Waals surface area contributed by atoms with Crippen LogP contribution in [0.25, 0.3) is 0 Å². The van der Waals surface area contributed by atoms with E-state index in [1.807, 2.05) is 24.3 Å². The summed E-state index contributed by atoms with van der Waals surface area (Å²) in [5.41, 5.74) is 6.06. The maximum absolute atomic E-state index is 7.08. The van der Waals surface area contributed by atoms with Crippen molar-refractivity contribution in [2.75, 3.05) is 5.32 Å². The third kappa shape index (κ3) is 4.33. The fourth-order valence-corrected chi connectivity index (χ4v) is 1.64. The molecule has 0 spiro atoms. The molecular formula is C15H14ClN3O. The van der Waals surface area contributed by atoms with E-state index in [0.29, 0.717) is 16.5 Å². The zero-order valence-electron chi connectivity index (χ0n) is 10.6. The van der Waals surface area contributed by atoms with E-state index in [2.05, 4.69) is 5.32 Å². The Bertz CT molecular complexity index is 623. The Morgan fingerprint density at radius 1 is 1.15 bits per heavy atom. The monoisotopic (exact) mass is 287 g/mol. The largest absolute Gasteiger partial charge is 0.457 e.